The minimum atomic E-state index is -0.583. The third kappa shape index (κ3) is 5.04. The molecule has 116 valence electrons. The van der Waals surface area contributed by atoms with Crippen molar-refractivity contribution in [3.05, 3.63) is 35.4 Å². The van der Waals surface area contributed by atoms with Crippen LogP contribution in [0, 0.1) is 6.92 Å². The van der Waals surface area contributed by atoms with Gasteiger partial charge in [0.2, 0.25) is 5.91 Å². The molecule has 0 radical (unpaired) electrons. The summed E-state index contributed by atoms with van der Waals surface area (Å²) in [4.78, 5) is 11.8. The zero-order chi connectivity index (χ0) is 15.5. The van der Waals surface area contributed by atoms with Crippen LogP contribution >= 0.6 is 11.8 Å². The first-order chi connectivity index (χ1) is 9.89. The van der Waals surface area contributed by atoms with Gasteiger partial charge in [0.05, 0.1) is 5.54 Å². The average Bonchev–Trinajstić information content (AvgIpc) is 3.20. The second-order valence-electron chi connectivity index (χ2n) is 6.43. The van der Waals surface area contributed by atoms with E-state index in [0.717, 1.165) is 25.0 Å². The molecule has 21 heavy (non-hydrogen) atoms. The zero-order valence-corrected chi connectivity index (χ0v) is 14.0. The molecule has 0 saturated heterocycles. The highest BCUT2D eigenvalue weighted by atomic mass is 32.2. The molecule has 3 nitrogen and oxygen atoms in total. The van der Waals surface area contributed by atoms with Crippen molar-refractivity contribution >= 4 is 17.7 Å². The van der Waals surface area contributed by atoms with Gasteiger partial charge in [0.1, 0.15) is 0 Å². The van der Waals surface area contributed by atoms with Crippen molar-refractivity contribution < 1.29 is 4.79 Å². The first-order valence-electron chi connectivity index (χ1n) is 7.64. The molecular weight excluding hydrogens is 280 g/mol. The average molecular weight is 306 g/mol. The molecule has 1 amide bonds. The Morgan fingerprint density at radius 2 is 2.24 bits per heavy atom. The van der Waals surface area contributed by atoms with Crippen LogP contribution in [0.5, 0.6) is 0 Å². The molecule has 0 aromatic heterocycles. The van der Waals surface area contributed by atoms with Crippen LogP contribution in [0.25, 0.3) is 0 Å². The van der Waals surface area contributed by atoms with Gasteiger partial charge in [-0.1, -0.05) is 36.8 Å². The monoisotopic (exact) mass is 306 g/mol. The number of nitrogens with one attached hydrogen (secondary N) is 1. The van der Waals surface area contributed by atoms with E-state index in [-0.39, 0.29) is 5.91 Å². The normalized spacial score (nSPS) is 19.0. The summed E-state index contributed by atoms with van der Waals surface area (Å²) in [6.07, 6.45) is 3.09. The molecule has 3 N–H and O–H groups in total. The van der Waals surface area contributed by atoms with E-state index in [1.54, 1.807) is 0 Å². The van der Waals surface area contributed by atoms with Gasteiger partial charge in [-0.25, -0.2) is 0 Å². The van der Waals surface area contributed by atoms with Crippen molar-refractivity contribution in [1.82, 2.24) is 5.32 Å². The predicted octanol–water partition coefficient (Wildman–Crippen LogP) is 3.00. The standard InChI is InChI=1S/C17H26N2OS/c1-12-5-4-6-14(9-12)11-21-13(2)10-17(3,16(18)20)19-15-7-8-15/h4-6,9,13,15,19H,7-8,10-11H2,1-3H3,(H2,18,20). The van der Waals surface area contributed by atoms with E-state index in [2.05, 4.69) is 43.4 Å². The number of benzene rings is 1. The molecule has 0 heterocycles. The molecule has 0 aliphatic heterocycles. The Morgan fingerprint density at radius 1 is 1.52 bits per heavy atom. The van der Waals surface area contributed by atoms with Crippen LogP contribution in [0.4, 0.5) is 0 Å². The lowest BCUT2D eigenvalue weighted by Crippen LogP contribution is -2.55. The Labute approximate surface area is 132 Å². The van der Waals surface area contributed by atoms with Crippen molar-refractivity contribution in [2.75, 3.05) is 0 Å². The number of carbonyl (C=O) groups is 1. The molecule has 1 aromatic carbocycles. The summed E-state index contributed by atoms with van der Waals surface area (Å²) in [5, 5.41) is 3.80. The van der Waals surface area contributed by atoms with Gasteiger partial charge in [0.25, 0.3) is 0 Å². The maximum Gasteiger partial charge on any atom is 0.237 e. The Balaban J connectivity index is 1.87. The quantitative estimate of drug-likeness (QED) is 0.776. The number of thioether (sulfide) groups is 1. The topological polar surface area (TPSA) is 55.1 Å². The second kappa shape index (κ2) is 6.84. The van der Waals surface area contributed by atoms with Gasteiger partial charge in [-0.3, -0.25) is 4.79 Å². The number of rotatable bonds is 8. The highest BCUT2D eigenvalue weighted by Gasteiger charge is 2.37. The molecule has 2 rings (SSSR count). The Kier molecular flexibility index (Phi) is 5.33. The first-order valence-corrected chi connectivity index (χ1v) is 8.69. The molecule has 2 unspecified atom stereocenters. The largest absolute Gasteiger partial charge is 0.368 e. The van der Waals surface area contributed by atoms with Crippen molar-refractivity contribution in [1.29, 1.82) is 0 Å². The SMILES string of the molecule is Cc1cccc(CSC(C)CC(C)(NC2CC2)C(N)=O)c1. The van der Waals surface area contributed by atoms with E-state index < -0.39 is 5.54 Å². The van der Waals surface area contributed by atoms with E-state index in [4.69, 9.17) is 5.73 Å². The van der Waals surface area contributed by atoms with Crippen LogP contribution in [-0.2, 0) is 10.5 Å². The molecule has 0 bridgehead atoms. The highest BCUT2D eigenvalue weighted by molar-refractivity contribution is 7.99. The van der Waals surface area contributed by atoms with Gasteiger partial charge in [0, 0.05) is 17.0 Å². The molecule has 1 aliphatic carbocycles. The van der Waals surface area contributed by atoms with E-state index in [1.807, 2.05) is 18.7 Å². The fourth-order valence-corrected chi connectivity index (χ4v) is 3.69. The van der Waals surface area contributed by atoms with Gasteiger partial charge >= 0.3 is 0 Å². The van der Waals surface area contributed by atoms with Gasteiger partial charge in [-0.2, -0.15) is 11.8 Å². The zero-order valence-electron chi connectivity index (χ0n) is 13.2. The highest BCUT2D eigenvalue weighted by Crippen LogP contribution is 2.29. The van der Waals surface area contributed by atoms with Crippen LogP contribution in [-0.4, -0.2) is 22.7 Å². The molecule has 1 saturated carbocycles. The van der Waals surface area contributed by atoms with Crippen molar-refractivity contribution in [2.45, 2.75) is 62.6 Å². The van der Waals surface area contributed by atoms with Gasteiger partial charge < -0.3 is 11.1 Å². The summed E-state index contributed by atoms with van der Waals surface area (Å²) in [6.45, 7) is 6.23. The molecule has 1 aliphatic rings. The third-order valence-electron chi connectivity index (χ3n) is 3.96. The molecular formula is C17H26N2OS. The minimum absolute atomic E-state index is 0.239. The number of hydrogen-bond acceptors (Lipinski definition) is 3. The molecule has 2 atom stereocenters. The van der Waals surface area contributed by atoms with Crippen LogP contribution in [0.15, 0.2) is 24.3 Å². The summed E-state index contributed by atoms with van der Waals surface area (Å²) < 4.78 is 0. The van der Waals surface area contributed by atoms with E-state index in [9.17, 15) is 4.79 Å². The molecule has 0 spiro atoms. The first kappa shape index (κ1) is 16.4. The van der Waals surface area contributed by atoms with E-state index in [0.29, 0.717) is 11.3 Å². The lowest BCUT2D eigenvalue weighted by Gasteiger charge is -2.30. The summed E-state index contributed by atoms with van der Waals surface area (Å²) in [5.41, 5.74) is 7.65. The summed E-state index contributed by atoms with van der Waals surface area (Å²) >= 11 is 1.88. The van der Waals surface area contributed by atoms with Crippen LogP contribution < -0.4 is 11.1 Å². The van der Waals surface area contributed by atoms with Gasteiger partial charge in [-0.15, -0.1) is 0 Å². The second-order valence-corrected chi connectivity index (χ2v) is 7.86. The lowest BCUT2D eigenvalue weighted by molar-refractivity contribution is -0.124. The van der Waals surface area contributed by atoms with Crippen molar-refractivity contribution in [3.8, 4) is 0 Å². The third-order valence-corrected chi connectivity index (χ3v) is 5.19. The molecule has 1 aromatic rings. The summed E-state index contributed by atoms with van der Waals surface area (Å²) in [7, 11) is 0. The Bertz CT molecular complexity index is 501. The number of carbonyl (C=O) groups excluding carboxylic acids is 1. The van der Waals surface area contributed by atoms with E-state index in [1.165, 1.54) is 11.1 Å². The predicted molar refractivity (Wildman–Crippen MR) is 90.3 cm³/mol. The molecule has 4 heteroatoms. The number of aryl methyl sites for hydroxylation is 1. The number of amides is 1. The Hall–Kier alpha value is -1.00. The maximum absolute atomic E-state index is 11.8. The van der Waals surface area contributed by atoms with Crippen LogP contribution in [0.3, 0.4) is 0 Å². The smallest absolute Gasteiger partial charge is 0.237 e. The van der Waals surface area contributed by atoms with Crippen LogP contribution in [0.1, 0.15) is 44.2 Å². The minimum Gasteiger partial charge on any atom is -0.368 e. The summed E-state index contributed by atoms with van der Waals surface area (Å²) in [6, 6.07) is 9.06. The van der Waals surface area contributed by atoms with Crippen molar-refractivity contribution in [3.63, 3.8) is 0 Å². The van der Waals surface area contributed by atoms with Gasteiger partial charge in [-0.05, 0) is 38.7 Å². The van der Waals surface area contributed by atoms with Gasteiger partial charge in [0.15, 0.2) is 0 Å². The number of nitrogens with two attached hydrogens (primary N) is 1. The maximum atomic E-state index is 11.8. The fourth-order valence-electron chi connectivity index (χ4n) is 2.58. The van der Waals surface area contributed by atoms with E-state index >= 15 is 0 Å². The lowest BCUT2D eigenvalue weighted by atomic mass is 9.95. The number of hydrogen-bond donors (Lipinski definition) is 2. The van der Waals surface area contributed by atoms with Crippen LogP contribution in [0.2, 0.25) is 0 Å². The Morgan fingerprint density at radius 3 is 2.81 bits per heavy atom. The summed E-state index contributed by atoms with van der Waals surface area (Å²) in [5.74, 6) is 0.735. The molecule has 1 fully saturated rings. The number of primary amides is 1. The fraction of sp³-hybridized carbons (Fsp3) is 0.588. The van der Waals surface area contributed by atoms with Crippen molar-refractivity contribution in [2.24, 2.45) is 5.73 Å².